The largest absolute Gasteiger partial charge is 0.508 e. The van der Waals surface area contributed by atoms with E-state index in [0.717, 1.165) is 28.4 Å². The second kappa shape index (κ2) is 5.74. The highest BCUT2D eigenvalue weighted by molar-refractivity contribution is 5.79. The highest BCUT2D eigenvalue weighted by Gasteiger charge is 2.14. The third-order valence-electron chi connectivity index (χ3n) is 3.98. The molecule has 4 aromatic rings. The molecule has 0 radical (unpaired) electrons. The Balaban J connectivity index is 1.86. The molecule has 0 aliphatic carbocycles. The van der Waals surface area contributed by atoms with Gasteiger partial charge in [0.05, 0.1) is 0 Å². The van der Waals surface area contributed by atoms with Gasteiger partial charge in [-0.15, -0.1) is 0 Å². The van der Waals surface area contributed by atoms with Crippen LogP contribution in [0.4, 0.5) is 11.5 Å². The molecular formula is C20H17N3O. The summed E-state index contributed by atoms with van der Waals surface area (Å²) in [6.07, 6.45) is 1.99. The lowest BCUT2D eigenvalue weighted by molar-refractivity contribution is 0.475. The van der Waals surface area contributed by atoms with Gasteiger partial charge in [0, 0.05) is 17.4 Å². The molecule has 4 nitrogen and oxygen atoms in total. The lowest BCUT2D eigenvalue weighted by Gasteiger charge is -2.09. The zero-order chi connectivity index (χ0) is 16.5. The lowest BCUT2D eigenvalue weighted by atomic mass is 10.1. The number of pyridine rings is 1. The molecule has 0 aliphatic rings. The Bertz CT molecular complexity index is 986. The lowest BCUT2D eigenvalue weighted by Crippen LogP contribution is -1.96. The van der Waals surface area contributed by atoms with Gasteiger partial charge < -0.3 is 10.4 Å². The molecule has 0 amide bonds. The molecule has 24 heavy (non-hydrogen) atoms. The fourth-order valence-electron chi connectivity index (χ4n) is 2.71. The molecule has 2 aromatic heterocycles. The maximum Gasteiger partial charge on any atom is 0.143 e. The van der Waals surface area contributed by atoms with Crippen molar-refractivity contribution in [2.24, 2.45) is 0 Å². The van der Waals surface area contributed by atoms with E-state index >= 15 is 0 Å². The van der Waals surface area contributed by atoms with Gasteiger partial charge in [0.2, 0.25) is 0 Å². The van der Waals surface area contributed by atoms with Gasteiger partial charge in [0.15, 0.2) is 0 Å². The first-order valence-corrected chi connectivity index (χ1v) is 7.81. The topological polar surface area (TPSA) is 49.6 Å². The quantitative estimate of drug-likeness (QED) is 0.573. The van der Waals surface area contributed by atoms with Crippen LogP contribution < -0.4 is 5.32 Å². The predicted molar refractivity (Wildman–Crippen MR) is 96.8 cm³/mol. The molecule has 2 N–H and O–H groups in total. The molecule has 0 saturated heterocycles. The van der Waals surface area contributed by atoms with Crippen LogP contribution in [0, 0.1) is 6.92 Å². The number of nitrogens with one attached hydrogen (secondary N) is 1. The van der Waals surface area contributed by atoms with Crippen molar-refractivity contribution in [3.8, 4) is 17.0 Å². The van der Waals surface area contributed by atoms with Gasteiger partial charge >= 0.3 is 0 Å². The Hall–Kier alpha value is -3.27. The number of aromatic nitrogens is 2. The summed E-state index contributed by atoms with van der Waals surface area (Å²) in [5, 5.41) is 13.0. The van der Waals surface area contributed by atoms with E-state index in [4.69, 9.17) is 4.98 Å². The Morgan fingerprint density at radius 3 is 2.42 bits per heavy atom. The smallest absolute Gasteiger partial charge is 0.143 e. The van der Waals surface area contributed by atoms with E-state index in [1.807, 2.05) is 40.9 Å². The van der Waals surface area contributed by atoms with Gasteiger partial charge in [-0.25, -0.2) is 4.98 Å². The molecule has 2 heterocycles. The van der Waals surface area contributed by atoms with Crippen molar-refractivity contribution < 1.29 is 5.11 Å². The summed E-state index contributed by atoms with van der Waals surface area (Å²) in [5.74, 6) is 1.15. The van der Waals surface area contributed by atoms with E-state index in [-0.39, 0.29) is 5.75 Å². The highest BCUT2D eigenvalue weighted by Crippen LogP contribution is 2.31. The minimum Gasteiger partial charge on any atom is -0.508 e. The summed E-state index contributed by atoms with van der Waals surface area (Å²) in [6.45, 7) is 2.07. The zero-order valence-corrected chi connectivity index (χ0v) is 13.3. The number of benzene rings is 2. The average Bonchev–Trinajstić information content (AvgIpc) is 2.96. The Morgan fingerprint density at radius 2 is 1.67 bits per heavy atom. The zero-order valence-electron chi connectivity index (χ0n) is 13.3. The minimum atomic E-state index is 0.246. The molecule has 0 unspecified atom stereocenters. The fourth-order valence-corrected chi connectivity index (χ4v) is 2.71. The number of fused-ring (bicyclic) bond motifs is 1. The number of imidazole rings is 1. The molecule has 0 atom stereocenters. The third kappa shape index (κ3) is 2.58. The number of anilines is 2. The first-order chi connectivity index (χ1) is 11.7. The van der Waals surface area contributed by atoms with Crippen LogP contribution in [0.5, 0.6) is 5.75 Å². The van der Waals surface area contributed by atoms with Crippen molar-refractivity contribution in [1.29, 1.82) is 0 Å². The average molecular weight is 315 g/mol. The summed E-state index contributed by atoms with van der Waals surface area (Å²) in [4.78, 5) is 4.75. The molecule has 0 bridgehead atoms. The molecule has 0 fully saturated rings. The van der Waals surface area contributed by atoms with Gasteiger partial charge in [0.1, 0.15) is 22.9 Å². The molecule has 4 rings (SSSR count). The summed E-state index contributed by atoms with van der Waals surface area (Å²) < 4.78 is 2.03. The van der Waals surface area contributed by atoms with Crippen LogP contribution in [0.2, 0.25) is 0 Å². The SMILES string of the molecule is Cc1ccc(Nc2c(-c3ccc(O)cc3)nc3ccccn23)cc1. The van der Waals surface area contributed by atoms with E-state index in [0.29, 0.717) is 0 Å². The van der Waals surface area contributed by atoms with Crippen molar-refractivity contribution in [2.75, 3.05) is 5.32 Å². The van der Waals surface area contributed by atoms with Crippen molar-refractivity contribution >= 4 is 17.2 Å². The minimum absolute atomic E-state index is 0.246. The van der Waals surface area contributed by atoms with Gasteiger partial charge in [-0.2, -0.15) is 0 Å². The van der Waals surface area contributed by atoms with Crippen LogP contribution in [-0.4, -0.2) is 14.5 Å². The van der Waals surface area contributed by atoms with Gasteiger partial charge in [0.25, 0.3) is 0 Å². The number of phenols is 1. The maximum atomic E-state index is 9.53. The number of hydrogen-bond donors (Lipinski definition) is 2. The first-order valence-electron chi connectivity index (χ1n) is 7.81. The Labute approximate surface area is 140 Å². The monoisotopic (exact) mass is 315 g/mol. The number of nitrogens with zero attached hydrogens (tertiary/aromatic N) is 2. The van der Waals surface area contributed by atoms with Crippen LogP contribution >= 0.6 is 0 Å². The van der Waals surface area contributed by atoms with Crippen LogP contribution in [0.25, 0.3) is 16.9 Å². The van der Waals surface area contributed by atoms with Crippen molar-refractivity contribution in [1.82, 2.24) is 9.38 Å². The number of aryl methyl sites for hydroxylation is 1. The van der Waals surface area contributed by atoms with Crippen LogP contribution in [0.1, 0.15) is 5.56 Å². The highest BCUT2D eigenvalue weighted by atomic mass is 16.3. The van der Waals surface area contributed by atoms with Crippen molar-refractivity contribution in [3.63, 3.8) is 0 Å². The van der Waals surface area contributed by atoms with Crippen LogP contribution in [0.15, 0.2) is 72.9 Å². The maximum absolute atomic E-state index is 9.53. The Morgan fingerprint density at radius 1 is 0.917 bits per heavy atom. The van der Waals surface area contributed by atoms with Crippen molar-refractivity contribution in [2.45, 2.75) is 6.92 Å². The number of aromatic hydroxyl groups is 1. The molecule has 0 aliphatic heterocycles. The normalized spacial score (nSPS) is 10.9. The molecular weight excluding hydrogens is 298 g/mol. The van der Waals surface area contributed by atoms with Crippen LogP contribution in [-0.2, 0) is 0 Å². The van der Waals surface area contributed by atoms with E-state index < -0.39 is 0 Å². The van der Waals surface area contributed by atoms with E-state index in [9.17, 15) is 5.11 Å². The van der Waals surface area contributed by atoms with Crippen molar-refractivity contribution in [3.05, 3.63) is 78.5 Å². The predicted octanol–water partition coefficient (Wildman–Crippen LogP) is 4.76. The molecule has 0 saturated carbocycles. The van der Waals surface area contributed by atoms with Gasteiger partial charge in [-0.3, -0.25) is 4.40 Å². The fraction of sp³-hybridized carbons (Fsp3) is 0.0500. The second-order valence-corrected chi connectivity index (χ2v) is 5.78. The summed E-state index contributed by atoms with van der Waals surface area (Å²) in [6, 6.07) is 21.3. The van der Waals surface area contributed by atoms with Gasteiger partial charge in [-0.05, 0) is 55.5 Å². The molecule has 0 spiro atoms. The summed E-state index contributed by atoms with van der Waals surface area (Å²) >= 11 is 0. The van der Waals surface area contributed by atoms with Gasteiger partial charge in [-0.1, -0.05) is 23.8 Å². The third-order valence-corrected chi connectivity index (χ3v) is 3.98. The van der Waals surface area contributed by atoms with Crippen LogP contribution in [0.3, 0.4) is 0 Å². The summed E-state index contributed by atoms with van der Waals surface area (Å²) in [7, 11) is 0. The molecule has 4 heteroatoms. The summed E-state index contributed by atoms with van der Waals surface area (Å²) in [5.41, 5.74) is 4.90. The van der Waals surface area contributed by atoms with E-state index in [1.54, 1.807) is 12.1 Å². The second-order valence-electron chi connectivity index (χ2n) is 5.78. The first kappa shape index (κ1) is 14.3. The van der Waals surface area contributed by atoms with E-state index in [1.165, 1.54) is 5.56 Å². The standard InChI is InChI=1S/C20H17N3O/c1-14-5-9-16(10-6-14)21-20-19(15-7-11-17(24)12-8-15)22-18-4-2-3-13-23(18)20/h2-13,21,24H,1H3. The molecule has 2 aromatic carbocycles. The number of hydrogen-bond acceptors (Lipinski definition) is 3. The van der Waals surface area contributed by atoms with E-state index in [2.05, 4.69) is 36.5 Å². The molecule has 118 valence electrons. The Kier molecular flexibility index (Phi) is 3.43. The number of phenolic OH excluding ortho intramolecular Hbond substituents is 1. The number of rotatable bonds is 3.